The predicted octanol–water partition coefficient (Wildman–Crippen LogP) is 4.82. The van der Waals surface area contributed by atoms with Crippen molar-refractivity contribution in [1.29, 1.82) is 0 Å². The molecule has 2 N–H and O–H groups in total. The zero-order chi connectivity index (χ0) is 16.2. The molecule has 0 aliphatic rings. The third-order valence-electron chi connectivity index (χ3n) is 3.11. The van der Waals surface area contributed by atoms with Crippen molar-refractivity contribution in [2.24, 2.45) is 0 Å². The second-order valence-corrected chi connectivity index (χ2v) is 5.56. The van der Waals surface area contributed by atoms with Gasteiger partial charge in [-0.15, -0.1) is 0 Å². The summed E-state index contributed by atoms with van der Waals surface area (Å²) in [5.74, 6) is 0. The minimum atomic E-state index is -0.385. The number of carbonyl (C=O) groups excluding carboxylic acids is 1. The van der Waals surface area contributed by atoms with Crippen LogP contribution in [0.4, 0.5) is 16.2 Å². The maximum absolute atomic E-state index is 12.0. The predicted molar refractivity (Wildman–Crippen MR) is 92.7 cm³/mol. The Morgan fingerprint density at radius 3 is 2.48 bits per heavy atom. The van der Waals surface area contributed by atoms with Gasteiger partial charge in [-0.3, -0.25) is 0 Å². The number of urea groups is 1. The molecule has 0 radical (unpaired) electrons. The summed E-state index contributed by atoms with van der Waals surface area (Å²) >= 11 is 11.8. The maximum Gasteiger partial charge on any atom is 0.323 e. The van der Waals surface area contributed by atoms with Gasteiger partial charge in [-0.25, -0.2) is 9.78 Å². The molecular weight excluding hydrogens is 335 g/mol. The van der Waals surface area contributed by atoms with E-state index in [1.165, 1.54) is 0 Å². The normalized spacial score (nSPS) is 10.3. The molecule has 0 atom stereocenters. The first kappa shape index (κ1) is 15.4. The average molecular weight is 347 g/mol. The molecule has 3 rings (SSSR count). The first-order valence-corrected chi connectivity index (χ1v) is 7.49. The zero-order valence-corrected chi connectivity index (χ0v) is 13.3. The Labute approximate surface area is 142 Å². The van der Waals surface area contributed by atoms with Crippen molar-refractivity contribution in [3.05, 3.63) is 71.2 Å². The number of amides is 2. The van der Waals surface area contributed by atoms with Gasteiger partial charge in [0.25, 0.3) is 0 Å². The highest BCUT2D eigenvalue weighted by molar-refractivity contribution is 6.36. The van der Waals surface area contributed by atoms with Gasteiger partial charge in [-0.2, -0.15) is 0 Å². The largest absolute Gasteiger partial charge is 0.323 e. The number of aromatic nitrogens is 2. The summed E-state index contributed by atoms with van der Waals surface area (Å²) in [5.41, 5.74) is 2.11. The summed E-state index contributed by atoms with van der Waals surface area (Å²) in [6.07, 6.45) is 5.25. The van der Waals surface area contributed by atoms with Crippen LogP contribution in [-0.4, -0.2) is 15.6 Å². The summed E-state index contributed by atoms with van der Waals surface area (Å²) in [4.78, 5) is 16.0. The third-order valence-corrected chi connectivity index (χ3v) is 3.65. The van der Waals surface area contributed by atoms with E-state index >= 15 is 0 Å². The number of halogens is 2. The number of anilines is 2. The van der Waals surface area contributed by atoms with Gasteiger partial charge in [0.2, 0.25) is 0 Å². The molecule has 1 aromatic heterocycles. The monoisotopic (exact) mass is 346 g/mol. The molecule has 0 aliphatic carbocycles. The van der Waals surface area contributed by atoms with E-state index in [0.29, 0.717) is 21.4 Å². The molecule has 0 unspecified atom stereocenters. The molecule has 7 heteroatoms. The standard InChI is InChI=1S/C16H12Cl2N4O/c17-11-1-6-15(14(18)9-11)21-16(23)20-12-2-4-13(5-3-12)22-8-7-19-10-22/h1-10H,(H2,20,21,23). The highest BCUT2D eigenvalue weighted by Crippen LogP contribution is 2.25. The second kappa shape index (κ2) is 6.73. The molecule has 3 aromatic rings. The first-order valence-electron chi connectivity index (χ1n) is 6.73. The van der Waals surface area contributed by atoms with Crippen LogP contribution in [0.1, 0.15) is 0 Å². The minimum absolute atomic E-state index is 0.378. The number of rotatable bonds is 3. The number of nitrogens with one attached hydrogen (secondary N) is 2. The lowest BCUT2D eigenvalue weighted by Crippen LogP contribution is -2.19. The van der Waals surface area contributed by atoms with E-state index in [-0.39, 0.29) is 6.03 Å². The zero-order valence-electron chi connectivity index (χ0n) is 11.8. The van der Waals surface area contributed by atoms with Crippen molar-refractivity contribution >= 4 is 40.6 Å². The second-order valence-electron chi connectivity index (χ2n) is 4.72. The van der Waals surface area contributed by atoms with Crippen LogP contribution in [0.5, 0.6) is 0 Å². The molecule has 0 saturated heterocycles. The Morgan fingerprint density at radius 1 is 1.04 bits per heavy atom. The Morgan fingerprint density at radius 2 is 1.83 bits per heavy atom. The lowest BCUT2D eigenvalue weighted by molar-refractivity contribution is 0.262. The van der Waals surface area contributed by atoms with Crippen molar-refractivity contribution in [2.45, 2.75) is 0 Å². The Hall–Kier alpha value is -2.50. The Balaban J connectivity index is 1.66. The van der Waals surface area contributed by atoms with Crippen molar-refractivity contribution in [3.63, 3.8) is 0 Å². The van der Waals surface area contributed by atoms with Gasteiger partial charge in [0, 0.05) is 28.8 Å². The molecule has 0 bridgehead atoms. The SMILES string of the molecule is O=C(Nc1ccc(-n2ccnc2)cc1)Nc1ccc(Cl)cc1Cl. The van der Waals surface area contributed by atoms with Crippen LogP contribution in [0.15, 0.2) is 61.2 Å². The molecule has 0 fully saturated rings. The lowest BCUT2D eigenvalue weighted by atomic mass is 10.3. The van der Waals surface area contributed by atoms with Crippen molar-refractivity contribution < 1.29 is 4.79 Å². The summed E-state index contributed by atoms with van der Waals surface area (Å²) in [6.45, 7) is 0. The van der Waals surface area contributed by atoms with Gasteiger partial charge in [0.1, 0.15) is 0 Å². The molecule has 2 aromatic carbocycles. The van der Waals surface area contributed by atoms with Gasteiger partial charge in [0.05, 0.1) is 17.0 Å². The van der Waals surface area contributed by atoms with E-state index in [1.807, 2.05) is 22.9 Å². The van der Waals surface area contributed by atoms with Crippen molar-refractivity contribution in [2.75, 3.05) is 10.6 Å². The van der Waals surface area contributed by atoms with E-state index in [9.17, 15) is 4.79 Å². The van der Waals surface area contributed by atoms with Crippen LogP contribution in [0.2, 0.25) is 10.0 Å². The van der Waals surface area contributed by atoms with E-state index in [0.717, 1.165) is 5.69 Å². The molecule has 23 heavy (non-hydrogen) atoms. The van der Waals surface area contributed by atoms with E-state index < -0.39 is 0 Å². The maximum atomic E-state index is 12.0. The molecule has 116 valence electrons. The van der Waals surface area contributed by atoms with Crippen LogP contribution in [0.3, 0.4) is 0 Å². The third kappa shape index (κ3) is 3.83. The number of benzene rings is 2. The van der Waals surface area contributed by atoms with Crippen molar-refractivity contribution in [3.8, 4) is 5.69 Å². The summed E-state index contributed by atoms with van der Waals surface area (Å²) in [7, 11) is 0. The lowest BCUT2D eigenvalue weighted by Gasteiger charge is -2.10. The quantitative estimate of drug-likeness (QED) is 0.713. The molecule has 2 amide bonds. The number of nitrogens with zero attached hydrogens (tertiary/aromatic N) is 2. The van der Waals surface area contributed by atoms with Crippen LogP contribution < -0.4 is 10.6 Å². The van der Waals surface area contributed by atoms with Crippen LogP contribution in [0, 0.1) is 0 Å². The highest BCUT2D eigenvalue weighted by atomic mass is 35.5. The van der Waals surface area contributed by atoms with E-state index in [2.05, 4.69) is 15.6 Å². The van der Waals surface area contributed by atoms with Gasteiger partial charge in [-0.1, -0.05) is 23.2 Å². The number of hydrogen-bond acceptors (Lipinski definition) is 2. The Kier molecular flexibility index (Phi) is 4.50. The molecule has 0 aliphatic heterocycles. The van der Waals surface area contributed by atoms with E-state index in [4.69, 9.17) is 23.2 Å². The number of imidazole rings is 1. The van der Waals surface area contributed by atoms with Gasteiger partial charge in [-0.05, 0) is 42.5 Å². The molecule has 1 heterocycles. The molecular formula is C16H12Cl2N4O. The summed E-state index contributed by atoms with van der Waals surface area (Å²) in [5, 5.41) is 6.30. The summed E-state index contributed by atoms with van der Waals surface area (Å²) < 4.78 is 1.87. The average Bonchev–Trinajstić information content (AvgIpc) is 3.05. The fraction of sp³-hybridized carbons (Fsp3) is 0. The van der Waals surface area contributed by atoms with Crippen LogP contribution in [0.25, 0.3) is 5.69 Å². The molecule has 0 saturated carbocycles. The highest BCUT2D eigenvalue weighted by Gasteiger charge is 2.06. The van der Waals surface area contributed by atoms with Crippen LogP contribution >= 0.6 is 23.2 Å². The first-order chi connectivity index (χ1) is 11.1. The van der Waals surface area contributed by atoms with E-state index in [1.54, 1.807) is 42.9 Å². The van der Waals surface area contributed by atoms with Gasteiger partial charge in [0.15, 0.2) is 0 Å². The smallest absolute Gasteiger partial charge is 0.308 e. The number of carbonyl (C=O) groups is 1. The fourth-order valence-corrected chi connectivity index (χ4v) is 2.46. The summed E-state index contributed by atoms with van der Waals surface area (Å²) in [6, 6.07) is 11.9. The molecule has 5 nitrogen and oxygen atoms in total. The number of hydrogen-bond donors (Lipinski definition) is 2. The topological polar surface area (TPSA) is 59.0 Å². The fourth-order valence-electron chi connectivity index (χ4n) is 2.00. The van der Waals surface area contributed by atoms with Gasteiger partial charge < -0.3 is 15.2 Å². The van der Waals surface area contributed by atoms with Crippen molar-refractivity contribution in [1.82, 2.24) is 9.55 Å². The van der Waals surface area contributed by atoms with Gasteiger partial charge >= 0.3 is 6.03 Å². The van der Waals surface area contributed by atoms with Crippen LogP contribution in [-0.2, 0) is 0 Å². The Bertz CT molecular complexity index is 817. The minimum Gasteiger partial charge on any atom is -0.308 e. The molecule has 0 spiro atoms.